The predicted molar refractivity (Wildman–Crippen MR) is 88.3 cm³/mol. The number of ether oxygens (including phenoxy) is 1. The van der Waals surface area contributed by atoms with Gasteiger partial charge in [0.25, 0.3) is 0 Å². The van der Waals surface area contributed by atoms with Gasteiger partial charge in [0.15, 0.2) is 5.11 Å². The maximum absolute atomic E-state index is 11.9. The molecule has 6 heteroatoms. The molecule has 118 valence electrons. The monoisotopic (exact) mass is 320 g/mol. The summed E-state index contributed by atoms with van der Waals surface area (Å²) in [5.41, 5.74) is 0.386. The van der Waals surface area contributed by atoms with Gasteiger partial charge in [-0.3, -0.25) is 9.59 Å². The number of hydrogen-bond acceptors (Lipinski definition) is 4. The van der Waals surface area contributed by atoms with Crippen molar-refractivity contribution >= 4 is 34.9 Å². The van der Waals surface area contributed by atoms with E-state index in [1.165, 1.54) is 0 Å². The zero-order valence-corrected chi connectivity index (χ0v) is 13.5. The van der Waals surface area contributed by atoms with Crippen LogP contribution in [0, 0.1) is 5.92 Å². The summed E-state index contributed by atoms with van der Waals surface area (Å²) >= 11 is 5.09. The van der Waals surface area contributed by atoms with E-state index in [0.717, 1.165) is 5.69 Å². The Kier molecular flexibility index (Phi) is 5.13. The van der Waals surface area contributed by atoms with Crippen molar-refractivity contribution in [3.05, 3.63) is 30.3 Å². The Hall–Kier alpha value is -1.95. The van der Waals surface area contributed by atoms with Crippen LogP contribution < -0.4 is 10.6 Å². The second-order valence-corrected chi connectivity index (χ2v) is 6.40. The average molecular weight is 320 g/mol. The summed E-state index contributed by atoms with van der Waals surface area (Å²) in [6, 6.07) is 9.36. The molecule has 1 heterocycles. The lowest BCUT2D eigenvalue weighted by Crippen LogP contribution is -2.34. The Morgan fingerprint density at radius 1 is 1.36 bits per heavy atom. The number of cyclic esters (lactones) is 1. The van der Waals surface area contributed by atoms with Gasteiger partial charge in [-0.1, -0.05) is 18.2 Å². The number of para-hydroxylation sites is 1. The lowest BCUT2D eigenvalue weighted by molar-refractivity contribution is -0.148. The lowest BCUT2D eigenvalue weighted by atomic mass is 9.94. The van der Waals surface area contributed by atoms with Crippen molar-refractivity contribution in [2.45, 2.75) is 38.7 Å². The zero-order valence-electron chi connectivity index (χ0n) is 12.7. The number of hydrogen-bond donors (Lipinski definition) is 2. The van der Waals surface area contributed by atoms with Gasteiger partial charge in [0, 0.05) is 12.1 Å². The quantitative estimate of drug-likeness (QED) is 0.659. The third-order valence-corrected chi connectivity index (χ3v) is 3.66. The number of carbonyl (C=O) groups is 2. The molecule has 1 atom stereocenters. The molecule has 0 unspecified atom stereocenters. The highest BCUT2D eigenvalue weighted by Gasteiger charge is 2.39. The summed E-state index contributed by atoms with van der Waals surface area (Å²) in [5.74, 6) is -0.634. The largest absolute Gasteiger partial charge is 0.459 e. The smallest absolute Gasteiger partial charge is 0.309 e. The van der Waals surface area contributed by atoms with Gasteiger partial charge in [-0.05, 0) is 51.0 Å². The van der Waals surface area contributed by atoms with E-state index in [1.54, 1.807) is 0 Å². The van der Waals surface area contributed by atoms with Crippen LogP contribution in [0.4, 0.5) is 5.69 Å². The second-order valence-electron chi connectivity index (χ2n) is 5.99. The standard InChI is InChI=1S/C16H20N2O3S/c1-16(2)10-11(14(20)21-16)8-9-13(19)18-15(22)17-12-6-4-3-5-7-12/h3-7,11H,8-10H2,1-2H3,(H2,17,18,19,22)/t11-/m1/s1. The van der Waals surface area contributed by atoms with Crippen molar-refractivity contribution in [1.82, 2.24) is 5.32 Å². The normalized spacial score (nSPS) is 19.4. The molecule has 0 aromatic heterocycles. The Morgan fingerprint density at radius 2 is 2.05 bits per heavy atom. The fourth-order valence-corrected chi connectivity index (χ4v) is 2.70. The molecule has 0 radical (unpaired) electrons. The molecule has 0 bridgehead atoms. The number of benzene rings is 1. The predicted octanol–water partition coefficient (Wildman–Crippen LogP) is 2.62. The highest BCUT2D eigenvalue weighted by molar-refractivity contribution is 7.80. The van der Waals surface area contributed by atoms with Crippen LogP contribution >= 0.6 is 12.2 Å². The van der Waals surface area contributed by atoms with Crippen molar-refractivity contribution in [3.63, 3.8) is 0 Å². The maximum Gasteiger partial charge on any atom is 0.309 e. The highest BCUT2D eigenvalue weighted by atomic mass is 32.1. The third kappa shape index (κ3) is 4.80. The van der Waals surface area contributed by atoms with Gasteiger partial charge in [0.05, 0.1) is 5.92 Å². The first-order valence-electron chi connectivity index (χ1n) is 7.24. The van der Waals surface area contributed by atoms with Crippen LogP contribution in [0.5, 0.6) is 0 Å². The Bertz CT molecular complexity index is 572. The van der Waals surface area contributed by atoms with Crippen molar-refractivity contribution in [3.8, 4) is 0 Å². The molecule has 1 aliphatic heterocycles. The molecule has 1 aromatic rings. The molecule has 1 saturated heterocycles. The number of rotatable bonds is 4. The van der Waals surface area contributed by atoms with Crippen molar-refractivity contribution in [2.24, 2.45) is 5.92 Å². The summed E-state index contributed by atoms with van der Waals surface area (Å²) in [6.07, 6.45) is 1.36. The Labute approximate surface area is 135 Å². The average Bonchev–Trinajstić information content (AvgIpc) is 2.70. The van der Waals surface area contributed by atoms with Gasteiger partial charge in [-0.25, -0.2) is 0 Å². The molecule has 2 N–H and O–H groups in total. The SMILES string of the molecule is CC1(C)C[C@@H](CCC(=O)NC(=S)Nc2ccccc2)C(=O)O1. The van der Waals surface area contributed by atoms with E-state index in [0.29, 0.717) is 12.8 Å². The molecule has 1 aliphatic rings. The molecule has 2 rings (SSSR count). The van der Waals surface area contributed by atoms with Gasteiger partial charge >= 0.3 is 5.97 Å². The molecular weight excluding hydrogens is 300 g/mol. The summed E-state index contributed by atoms with van der Waals surface area (Å²) in [7, 11) is 0. The van der Waals surface area contributed by atoms with Crippen molar-refractivity contribution < 1.29 is 14.3 Å². The molecule has 0 aliphatic carbocycles. The minimum Gasteiger partial charge on any atom is -0.459 e. The molecule has 0 spiro atoms. The van der Waals surface area contributed by atoms with Crippen LogP contribution in [-0.4, -0.2) is 22.6 Å². The van der Waals surface area contributed by atoms with Gasteiger partial charge in [-0.2, -0.15) is 0 Å². The zero-order chi connectivity index (χ0) is 16.2. The molecule has 5 nitrogen and oxygen atoms in total. The minimum atomic E-state index is -0.428. The van der Waals surface area contributed by atoms with E-state index in [2.05, 4.69) is 10.6 Å². The van der Waals surface area contributed by atoms with Crippen LogP contribution in [0.1, 0.15) is 33.1 Å². The van der Waals surface area contributed by atoms with Crippen LogP contribution in [0.25, 0.3) is 0 Å². The molecule has 1 amide bonds. The fraction of sp³-hybridized carbons (Fsp3) is 0.438. The minimum absolute atomic E-state index is 0.203. The Balaban J connectivity index is 1.74. The summed E-state index contributed by atoms with van der Waals surface area (Å²) in [5, 5.41) is 5.80. The Morgan fingerprint density at radius 3 is 2.64 bits per heavy atom. The van der Waals surface area contributed by atoms with Gasteiger partial charge in [-0.15, -0.1) is 0 Å². The van der Waals surface area contributed by atoms with Crippen LogP contribution in [-0.2, 0) is 14.3 Å². The number of esters is 1. The first kappa shape index (κ1) is 16.4. The molecule has 1 fully saturated rings. The van der Waals surface area contributed by atoms with E-state index >= 15 is 0 Å². The van der Waals surface area contributed by atoms with E-state index in [-0.39, 0.29) is 29.3 Å². The maximum atomic E-state index is 11.9. The van der Waals surface area contributed by atoms with Crippen LogP contribution in [0.3, 0.4) is 0 Å². The van der Waals surface area contributed by atoms with Crippen molar-refractivity contribution in [2.75, 3.05) is 5.32 Å². The number of carbonyl (C=O) groups excluding carboxylic acids is 2. The molecule has 22 heavy (non-hydrogen) atoms. The van der Waals surface area contributed by atoms with Gasteiger partial charge in [0.1, 0.15) is 5.60 Å². The molecule has 0 saturated carbocycles. The lowest BCUT2D eigenvalue weighted by Gasteiger charge is -2.14. The number of thiocarbonyl (C=S) groups is 1. The summed E-state index contributed by atoms with van der Waals surface area (Å²) in [4.78, 5) is 23.6. The first-order chi connectivity index (χ1) is 10.4. The van der Waals surface area contributed by atoms with E-state index in [9.17, 15) is 9.59 Å². The molecular formula is C16H20N2O3S. The fourth-order valence-electron chi connectivity index (χ4n) is 2.47. The summed E-state index contributed by atoms with van der Waals surface area (Å²) < 4.78 is 5.24. The van der Waals surface area contributed by atoms with E-state index in [1.807, 2.05) is 44.2 Å². The number of anilines is 1. The van der Waals surface area contributed by atoms with E-state index in [4.69, 9.17) is 17.0 Å². The van der Waals surface area contributed by atoms with Gasteiger partial charge in [0.2, 0.25) is 5.91 Å². The number of amides is 1. The highest BCUT2D eigenvalue weighted by Crippen LogP contribution is 2.32. The number of nitrogens with one attached hydrogen (secondary N) is 2. The topological polar surface area (TPSA) is 67.4 Å². The summed E-state index contributed by atoms with van der Waals surface area (Å²) in [6.45, 7) is 3.76. The second kappa shape index (κ2) is 6.87. The van der Waals surface area contributed by atoms with Crippen LogP contribution in [0.2, 0.25) is 0 Å². The van der Waals surface area contributed by atoms with Crippen LogP contribution in [0.15, 0.2) is 30.3 Å². The third-order valence-electron chi connectivity index (χ3n) is 3.45. The van der Waals surface area contributed by atoms with E-state index < -0.39 is 5.60 Å². The van der Waals surface area contributed by atoms with Crippen molar-refractivity contribution in [1.29, 1.82) is 0 Å². The molecule has 1 aromatic carbocycles. The van der Waals surface area contributed by atoms with Gasteiger partial charge < -0.3 is 15.4 Å². The first-order valence-corrected chi connectivity index (χ1v) is 7.65.